The second-order valence-corrected chi connectivity index (χ2v) is 5.81. The van der Waals surface area contributed by atoms with E-state index in [0.717, 1.165) is 37.1 Å². The van der Waals surface area contributed by atoms with Gasteiger partial charge in [-0.2, -0.15) is 0 Å². The SMILES string of the molecule is Cc1cc(NCC2(C(=O)O)CCC(C)CC2)ccn1. The molecule has 104 valence electrons. The summed E-state index contributed by atoms with van der Waals surface area (Å²) in [4.78, 5) is 15.8. The number of pyridine rings is 1. The summed E-state index contributed by atoms with van der Waals surface area (Å²) in [5, 5.41) is 12.8. The van der Waals surface area contributed by atoms with E-state index >= 15 is 0 Å². The van der Waals surface area contributed by atoms with Gasteiger partial charge in [-0.05, 0) is 50.7 Å². The van der Waals surface area contributed by atoms with Crippen LogP contribution >= 0.6 is 0 Å². The first-order valence-electron chi connectivity index (χ1n) is 6.92. The molecule has 1 aliphatic rings. The molecule has 0 radical (unpaired) electrons. The van der Waals surface area contributed by atoms with Gasteiger partial charge >= 0.3 is 5.97 Å². The summed E-state index contributed by atoms with van der Waals surface area (Å²) in [6.45, 7) is 4.63. The van der Waals surface area contributed by atoms with Crippen molar-refractivity contribution in [1.82, 2.24) is 4.98 Å². The summed E-state index contributed by atoms with van der Waals surface area (Å²) >= 11 is 0. The van der Waals surface area contributed by atoms with Crippen LogP contribution in [0.4, 0.5) is 5.69 Å². The molecule has 1 aliphatic carbocycles. The van der Waals surface area contributed by atoms with Crippen molar-refractivity contribution in [3.05, 3.63) is 24.0 Å². The molecule has 0 aromatic carbocycles. The van der Waals surface area contributed by atoms with Crippen molar-refractivity contribution in [2.45, 2.75) is 39.5 Å². The van der Waals surface area contributed by atoms with Crippen molar-refractivity contribution in [1.29, 1.82) is 0 Å². The topological polar surface area (TPSA) is 62.2 Å². The lowest BCUT2D eigenvalue weighted by molar-refractivity contribution is -0.150. The zero-order valence-corrected chi connectivity index (χ0v) is 11.6. The molecule has 0 aliphatic heterocycles. The summed E-state index contributed by atoms with van der Waals surface area (Å²) in [6.07, 6.45) is 5.28. The molecule has 0 spiro atoms. The van der Waals surface area contributed by atoms with Gasteiger partial charge in [-0.1, -0.05) is 6.92 Å². The number of hydrogen-bond acceptors (Lipinski definition) is 3. The smallest absolute Gasteiger partial charge is 0.311 e. The Labute approximate surface area is 114 Å². The van der Waals surface area contributed by atoms with Gasteiger partial charge in [-0.3, -0.25) is 9.78 Å². The van der Waals surface area contributed by atoms with E-state index in [-0.39, 0.29) is 0 Å². The van der Waals surface area contributed by atoms with Crippen LogP contribution in [0.25, 0.3) is 0 Å². The van der Waals surface area contributed by atoms with Crippen LogP contribution in [0.3, 0.4) is 0 Å². The van der Waals surface area contributed by atoms with Gasteiger partial charge in [0.05, 0.1) is 5.41 Å². The second-order valence-electron chi connectivity index (χ2n) is 5.81. The third-order valence-corrected chi connectivity index (χ3v) is 4.21. The minimum absolute atomic E-state index is 0.499. The maximum atomic E-state index is 11.6. The van der Waals surface area contributed by atoms with Crippen LogP contribution in [0.1, 0.15) is 38.3 Å². The minimum atomic E-state index is -0.669. The lowest BCUT2D eigenvalue weighted by Gasteiger charge is -2.36. The van der Waals surface area contributed by atoms with Crippen LogP contribution in [0.5, 0.6) is 0 Å². The van der Waals surface area contributed by atoms with Crippen molar-refractivity contribution >= 4 is 11.7 Å². The molecule has 4 heteroatoms. The van der Waals surface area contributed by atoms with E-state index in [2.05, 4.69) is 17.2 Å². The summed E-state index contributed by atoms with van der Waals surface area (Å²) in [5.74, 6) is -0.0201. The van der Waals surface area contributed by atoms with E-state index in [4.69, 9.17) is 0 Å². The van der Waals surface area contributed by atoms with Crippen LogP contribution in [0.15, 0.2) is 18.3 Å². The fourth-order valence-electron chi connectivity index (χ4n) is 2.71. The largest absolute Gasteiger partial charge is 0.481 e. The molecule has 0 unspecified atom stereocenters. The zero-order valence-electron chi connectivity index (χ0n) is 11.6. The van der Waals surface area contributed by atoms with Crippen LogP contribution in [-0.4, -0.2) is 22.6 Å². The molecule has 4 nitrogen and oxygen atoms in total. The van der Waals surface area contributed by atoms with E-state index in [9.17, 15) is 9.90 Å². The number of aromatic nitrogens is 1. The molecule has 1 fully saturated rings. The number of aryl methyl sites for hydroxylation is 1. The maximum Gasteiger partial charge on any atom is 0.311 e. The third kappa shape index (κ3) is 3.25. The molecule has 1 aromatic rings. The number of carboxylic acids is 1. The molecule has 1 aromatic heterocycles. The molecule has 0 saturated heterocycles. The van der Waals surface area contributed by atoms with Crippen LogP contribution in [0.2, 0.25) is 0 Å². The number of rotatable bonds is 4. The lowest BCUT2D eigenvalue weighted by atomic mass is 9.71. The minimum Gasteiger partial charge on any atom is -0.481 e. The molecule has 1 saturated carbocycles. The van der Waals surface area contributed by atoms with Crippen LogP contribution in [0, 0.1) is 18.3 Å². The summed E-state index contributed by atoms with van der Waals surface area (Å²) in [5.41, 5.74) is 1.28. The van der Waals surface area contributed by atoms with Gasteiger partial charge in [-0.25, -0.2) is 0 Å². The van der Waals surface area contributed by atoms with E-state index < -0.39 is 11.4 Å². The van der Waals surface area contributed by atoms with Gasteiger partial charge in [-0.15, -0.1) is 0 Å². The number of carbonyl (C=O) groups is 1. The molecular formula is C15H22N2O2. The Bertz CT molecular complexity index is 451. The number of aliphatic carboxylic acids is 1. The Hall–Kier alpha value is -1.58. The van der Waals surface area contributed by atoms with Crippen molar-refractivity contribution < 1.29 is 9.90 Å². The molecule has 1 heterocycles. The zero-order chi connectivity index (χ0) is 13.9. The third-order valence-electron chi connectivity index (χ3n) is 4.21. The van der Waals surface area contributed by atoms with E-state index in [1.54, 1.807) is 6.20 Å². The molecular weight excluding hydrogens is 240 g/mol. The highest BCUT2D eigenvalue weighted by molar-refractivity contribution is 5.75. The predicted octanol–water partition coefficient (Wildman–Crippen LogP) is 3.08. The van der Waals surface area contributed by atoms with Crippen LogP contribution in [-0.2, 0) is 4.79 Å². The number of carboxylic acid groups (broad SMARTS) is 1. The van der Waals surface area contributed by atoms with Crippen LogP contribution < -0.4 is 5.32 Å². The molecule has 0 amide bonds. The fourth-order valence-corrected chi connectivity index (χ4v) is 2.71. The number of nitrogens with one attached hydrogen (secondary N) is 1. The average molecular weight is 262 g/mol. The van der Waals surface area contributed by atoms with Gasteiger partial charge in [0.15, 0.2) is 0 Å². The monoisotopic (exact) mass is 262 g/mol. The highest BCUT2D eigenvalue weighted by Crippen LogP contribution is 2.39. The number of anilines is 1. The van der Waals surface area contributed by atoms with Gasteiger partial charge in [0.1, 0.15) is 0 Å². The molecule has 2 N–H and O–H groups in total. The summed E-state index contributed by atoms with van der Waals surface area (Å²) < 4.78 is 0. The van der Waals surface area contributed by atoms with Gasteiger partial charge in [0.2, 0.25) is 0 Å². The first kappa shape index (κ1) is 13.8. The molecule has 2 rings (SSSR count). The Balaban J connectivity index is 2.04. The highest BCUT2D eigenvalue weighted by atomic mass is 16.4. The lowest BCUT2D eigenvalue weighted by Crippen LogP contribution is -2.41. The Morgan fingerprint density at radius 1 is 1.53 bits per heavy atom. The second kappa shape index (κ2) is 5.59. The maximum absolute atomic E-state index is 11.6. The predicted molar refractivity (Wildman–Crippen MR) is 75.2 cm³/mol. The number of nitrogens with zero attached hydrogens (tertiary/aromatic N) is 1. The standard InChI is InChI=1S/C15H22N2O2/c1-11-3-6-15(7-4-11,14(18)19)10-17-13-5-8-16-12(2)9-13/h5,8-9,11H,3-4,6-7,10H2,1-2H3,(H,16,17)(H,18,19). The number of hydrogen-bond donors (Lipinski definition) is 2. The Morgan fingerprint density at radius 3 is 2.79 bits per heavy atom. The van der Waals surface area contributed by atoms with Gasteiger partial charge in [0, 0.05) is 24.1 Å². The summed E-state index contributed by atoms with van der Waals surface area (Å²) in [7, 11) is 0. The van der Waals surface area contributed by atoms with E-state index in [0.29, 0.717) is 12.5 Å². The normalized spacial score (nSPS) is 26.9. The Kier molecular flexibility index (Phi) is 4.08. The van der Waals surface area contributed by atoms with E-state index in [1.807, 2.05) is 19.1 Å². The van der Waals surface area contributed by atoms with Crippen molar-refractivity contribution in [3.8, 4) is 0 Å². The summed E-state index contributed by atoms with van der Waals surface area (Å²) in [6, 6.07) is 3.83. The molecule has 0 bridgehead atoms. The highest BCUT2D eigenvalue weighted by Gasteiger charge is 2.40. The Morgan fingerprint density at radius 2 is 2.21 bits per heavy atom. The van der Waals surface area contributed by atoms with Gasteiger partial charge in [0.25, 0.3) is 0 Å². The van der Waals surface area contributed by atoms with Crippen molar-refractivity contribution in [3.63, 3.8) is 0 Å². The van der Waals surface area contributed by atoms with Crippen molar-refractivity contribution in [2.75, 3.05) is 11.9 Å². The first-order chi connectivity index (χ1) is 9.02. The molecule has 0 atom stereocenters. The van der Waals surface area contributed by atoms with E-state index in [1.165, 1.54) is 0 Å². The first-order valence-corrected chi connectivity index (χ1v) is 6.92. The molecule has 19 heavy (non-hydrogen) atoms. The fraction of sp³-hybridized carbons (Fsp3) is 0.600. The van der Waals surface area contributed by atoms with Gasteiger partial charge < -0.3 is 10.4 Å². The average Bonchev–Trinajstić information content (AvgIpc) is 2.38. The van der Waals surface area contributed by atoms with Crippen molar-refractivity contribution in [2.24, 2.45) is 11.3 Å². The quantitative estimate of drug-likeness (QED) is 0.875.